The third kappa shape index (κ3) is 3.08. The SMILES string of the molecule is Cc1c(N)cccc1NC(=O)c1cc(Cl)ccc1Br. The summed E-state index contributed by atoms with van der Waals surface area (Å²) in [6, 6.07) is 10.5. The minimum absolute atomic E-state index is 0.233. The molecule has 0 aliphatic heterocycles. The normalized spacial score (nSPS) is 10.3. The summed E-state index contributed by atoms with van der Waals surface area (Å²) < 4.78 is 0.691. The molecule has 19 heavy (non-hydrogen) atoms. The molecule has 0 unspecified atom stereocenters. The molecule has 3 N–H and O–H groups in total. The fraction of sp³-hybridized carbons (Fsp3) is 0.0714. The molecule has 0 saturated heterocycles. The Kier molecular flexibility index (Phi) is 4.12. The third-order valence-corrected chi connectivity index (χ3v) is 3.72. The van der Waals surface area contributed by atoms with E-state index in [1.165, 1.54) is 0 Å². The predicted octanol–water partition coefficient (Wildman–Crippen LogP) is 4.25. The number of hydrogen-bond donors (Lipinski definition) is 2. The predicted molar refractivity (Wildman–Crippen MR) is 82.7 cm³/mol. The van der Waals surface area contributed by atoms with Crippen LogP contribution in [0.5, 0.6) is 0 Å². The van der Waals surface area contributed by atoms with Crippen LogP contribution in [-0.4, -0.2) is 5.91 Å². The fourth-order valence-electron chi connectivity index (χ4n) is 1.65. The van der Waals surface area contributed by atoms with E-state index in [9.17, 15) is 4.79 Å². The van der Waals surface area contributed by atoms with Crippen molar-refractivity contribution in [2.24, 2.45) is 0 Å². The van der Waals surface area contributed by atoms with Crippen molar-refractivity contribution in [1.29, 1.82) is 0 Å². The zero-order valence-electron chi connectivity index (χ0n) is 10.2. The van der Waals surface area contributed by atoms with Gasteiger partial charge < -0.3 is 11.1 Å². The maximum atomic E-state index is 12.2. The van der Waals surface area contributed by atoms with E-state index < -0.39 is 0 Å². The smallest absolute Gasteiger partial charge is 0.256 e. The van der Waals surface area contributed by atoms with E-state index in [4.69, 9.17) is 17.3 Å². The van der Waals surface area contributed by atoms with Gasteiger partial charge in [-0.15, -0.1) is 0 Å². The number of carbonyl (C=O) groups excluding carboxylic acids is 1. The second kappa shape index (κ2) is 5.63. The zero-order chi connectivity index (χ0) is 14.0. The first kappa shape index (κ1) is 13.9. The number of anilines is 2. The molecule has 5 heteroatoms. The first-order chi connectivity index (χ1) is 8.99. The minimum atomic E-state index is -0.233. The van der Waals surface area contributed by atoms with E-state index in [2.05, 4.69) is 21.2 Å². The molecule has 0 fully saturated rings. The number of halogens is 2. The molecule has 2 rings (SSSR count). The Bertz CT molecular complexity index is 643. The van der Waals surface area contributed by atoms with Crippen molar-refractivity contribution in [2.45, 2.75) is 6.92 Å². The first-order valence-corrected chi connectivity index (χ1v) is 6.77. The second-order valence-corrected chi connectivity index (χ2v) is 5.39. The maximum absolute atomic E-state index is 12.2. The van der Waals surface area contributed by atoms with Crippen LogP contribution in [0.2, 0.25) is 5.02 Å². The van der Waals surface area contributed by atoms with E-state index in [1.807, 2.05) is 13.0 Å². The van der Waals surface area contributed by atoms with E-state index in [1.54, 1.807) is 30.3 Å². The third-order valence-electron chi connectivity index (χ3n) is 2.80. The quantitative estimate of drug-likeness (QED) is 0.804. The molecule has 1 amide bonds. The largest absolute Gasteiger partial charge is 0.398 e. The molecule has 0 bridgehead atoms. The van der Waals surface area contributed by atoms with E-state index in [0.29, 0.717) is 26.4 Å². The van der Waals surface area contributed by atoms with Crippen LogP contribution in [0, 0.1) is 6.92 Å². The van der Waals surface area contributed by atoms with Crippen molar-refractivity contribution < 1.29 is 4.79 Å². The molecule has 2 aromatic carbocycles. The molecule has 0 radical (unpaired) electrons. The number of rotatable bonds is 2. The van der Waals surface area contributed by atoms with Crippen LogP contribution in [0.4, 0.5) is 11.4 Å². The first-order valence-electron chi connectivity index (χ1n) is 5.60. The average molecular weight is 340 g/mol. The number of nitrogens with two attached hydrogens (primary N) is 1. The van der Waals surface area contributed by atoms with Crippen LogP contribution in [0.25, 0.3) is 0 Å². The molecular weight excluding hydrogens is 328 g/mol. The number of nitrogen functional groups attached to an aromatic ring is 1. The van der Waals surface area contributed by atoms with Crippen LogP contribution < -0.4 is 11.1 Å². The average Bonchev–Trinajstić information content (AvgIpc) is 2.38. The van der Waals surface area contributed by atoms with E-state index >= 15 is 0 Å². The number of amides is 1. The molecule has 3 nitrogen and oxygen atoms in total. The zero-order valence-corrected chi connectivity index (χ0v) is 12.5. The fourth-order valence-corrected chi connectivity index (χ4v) is 2.25. The highest BCUT2D eigenvalue weighted by molar-refractivity contribution is 9.10. The van der Waals surface area contributed by atoms with Gasteiger partial charge in [0.25, 0.3) is 5.91 Å². The number of nitrogens with one attached hydrogen (secondary N) is 1. The van der Waals surface area contributed by atoms with Crippen LogP contribution in [-0.2, 0) is 0 Å². The monoisotopic (exact) mass is 338 g/mol. The van der Waals surface area contributed by atoms with Crippen molar-refractivity contribution in [3.05, 3.63) is 57.0 Å². The van der Waals surface area contributed by atoms with E-state index in [-0.39, 0.29) is 5.91 Å². The Morgan fingerprint density at radius 3 is 2.79 bits per heavy atom. The van der Waals surface area contributed by atoms with Crippen molar-refractivity contribution >= 4 is 44.8 Å². The van der Waals surface area contributed by atoms with Gasteiger partial charge in [-0.2, -0.15) is 0 Å². The molecule has 0 aliphatic rings. The highest BCUT2D eigenvalue weighted by Crippen LogP contribution is 2.24. The standard InChI is InChI=1S/C14H12BrClN2O/c1-8-12(17)3-2-4-13(8)18-14(19)10-7-9(16)5-6-11(10)15/h2-7H,17H2,1H3,(H,18,19). The Balaban J connectivity index is 2.31. The number of hydrogen-bond acceptors (Lipinski definition) is 2. The molecular formula is C14H12BrClN2O. The number of benzene rings is 2. The summed E-state index contributed by atoms with van der Waals surface area (Å²) in [6.07, 6.45) is 0. The minimum Gasteiger partial charge on any atom is -0.398 e. The molecule has 2 aromatic rings. The summed E-state index contributed by atoms with van der Waals surface area (Å²) in [7, 11) is 0. The van der Waals surface area contributed by atoms with E-state index in [0.717, 1.165) is 5.56 Å². The molecule has 0 atom stereocenters. The Labute approximate surface area is 124 Å². The summed E-state index contributed by atoms with van der Waals surface area (Å²) in [4.78, 5) is 12.2. The lowest BCUT2D eigenvalue weighted by Crippen LogP contribution is -2.13. The van der Waals surface area contributed by atoms with Gasteiger partial charge in [-0.25, -0.2) is 0 Å². The maximum Gasteiger partial charge on any atom is 0.256 e. The summed E-state index contributed by atoms with van der Waals surface area (Å²) in [5, 5.41) is 3.34. The van der Waals surface area contributed by atoms with Gasteiger partial charge in [0.15, 0.2) is 0 Å². The van der Waals surface area contributed by atoms with Gasteiger partial charge in [0.05, 0.1) is 5.56 Å². The lowest BCUT2D eigenvalue weighted by molar-refractivity contribution is 0.102. The van der Waals surface area contributed by atoms with Gasteiger partial charge in [-0.1, -0.05) is 17.7 Å². The Hall–Kier alpha value is -1.52. The Morgan fingerprint density at radius 1 is 1.32 bits per heavy atom. The highest BCUT2D eigenvalue weighted by Gasteiger charge is 2.12. The molecule has 0 aromatic heterocycles. The molecule has 0 heterocycles. The van der Waals surface area contributed by atoms with Crippen LogP contribution in [0.3, 0.4) is 0 Å². The molecule has 0 aliphatic carbocycles. The van der Waals surface area contributed by atoms with Crippen molar-refractivity contribution in [1.82, 2.24) is 0 Å². The molecule has 98 valence electrons. The Morgan fingerprint density at radius 2 is 2.05 bits per heavy atom. The summed E-state index contributed by atoms with van der Waals surface area (Å²) >= 11 is 9.23. The second-order valence-electron chi connectivity index (χ2n) is 4.10. The van der Waals surface area contributed by atoms with Crippen molar-refractivity contribution in [3.8, 4) is 0 Å². The summed E-state index contributed by atoms with van der Waals surface area (Å²) in [5.74, 6) is -0.233. The van der Waals surface area contributed by atoms with Crippen LogP contribution >= 0.6 is 27.5 Å². The lowest BCUT2D eigenvalue weighted by atomic mass is 10.1. The van der Waals surface area contributed by atoms with Gasteiger partial charge in [-0.3, -0.25) is 4.79 Å². The van der Waals surface area contributed by atoms with Gasteiger partial charge >= 0.3 is 0 Å². The van der Waals surface area contributed by atoms with Gasteiger partial charge in [0, 0.05) is 20.9 Å². The van der Waals surface area contributed by atoms with Crippen LogP contribution in [0.15, 0.2) is 40.9 Å². The van der Waals surface area contributed by atoms with Crippen LogP contribution in [0.1, 0.15) is 15.9 Å². The topological polar surface area (TPSA) is 55.1 Å². The summed E-state index contributed by atoms with van der Waals surface area (Å²) in [6.45, 7) is 1.86. The van der Waals surface area contributed by atoms with Gasteiger partial charge in [-0.05, 0) is 58.7 Å². The molecule has 0 spiro atoms. The van der Waals surface area contributed by atoms with Crippen molar-refractivity contribution in [3.63, 3.8) is 0 Å². The lowest BCUT2D eigenvalue weighted by Gasteiger charge is -2.11. The van der Waals surface area contributed by atoms with Gasteiger partial charge in [0.2, 0.25) is 0 Å². The van der Waals surface area contributed by atoms with Gasteiger partial charge in [0.1, 0.15) is 0 Å². The summed E-state index contributed by atoms with van der Waals surface area (Å²) in [5.41, 5.74) is 8.46. The number of carbonyl (C=O) groups is 1. The highest BCUT2D eigenvalue weighted by atomic mass is 79.9. The van der Waals surface area contributed by atoms with Crippen molar-refractivity contribution in [2.75, 3.05) is 11.1 Å². The molecule has 0 saturated carbocycles.